The number of fused-ring (bicyclic) bond motifs is 1. The molecule has 0 bridgehead atoms. The van der Waals surface area contributed by atoms with E-state index in [0.29, 0.717) is 6.61 Å². The van der Waals surface area contributed by atoms with Gasteiger partial charge in [-0.1, -0.05) is 15.9 Å². The predicted molar refractivity (Wildman–Crippen MR) is 91.3 cm³/mol. The quantitative estimate of drug-likeness (QED) is 0.755. The number of nitrogens with one attached hydrogen (secondary N) is 1. The Hall–Kier alpha value is -1.20. The van der Waals surface area contributed by atoms with Crippen LogP contribution in [0.3, 0.4) is 0 Å². The molecule has 110 valence electrons. The van der Waals surface area contributed by atoms with Crippen LogP contribution in [-0.4, -0.2) is 13.7 Å². The van der Waals surface area contributed by atoms with Crippen molar-refractivity contribution in [2.45, 2.75) is 12.5 Å². The second-order valence-corrected chi connectivity index (χ2v) is 6.63. The van der Waals surface area contributed by atoms with Crippen LogP contribution in [0.4, 0.5) is 5.69 Å². The van der Waals surface area contributed by atoms with Crippen LogP contribution < -0.4 is 14.8 Å². The summed E-state index contributed by atoms with van der Waals surface area (Å²) in [7, 11) is 1.67. The number of ether oxygens (including phenoxy) is 2. The first-order chi connectivity index (χ1) is 10.2. The highest BCUT2D eigenvalue weighted by molar-refractivity contribution is 9.10. The maximum Gasteiger partial charge on any atom is 0.124 e. The third-order valence-corrected chi connectivity index (χ3v) is 4.70. The minimum absolute atomic E-state index is 0.217. The summed E-state index contributed by atoms with van der Waals surface area (Å²) in [6, 6.07) is 12.3. The third-order valence-electron chi connectivity index (χ3n) is 3.51. The lowest BCUT2D eigenvalue weighted by Crippen LogP contribution is -2.20. The molecule has 1 heterocycles. The van der Waals surface area contributed by atoms with E-state index < -0.39 is 0 Å². The average molecular weight is 413 g/mol. The van der Waals surface area contributed by atoms with Crippen molar-refractivity contribution >= 4 is 37.5 Å². The summed E-state index contributed by atoms with van der Waals surface area (Å²) in [4.78, 5) is 0. The van der Waals surface area contributed by atoms with Gasteiger partial charge < -0.3 is 14.8 Å². The molecule has 0 spiro atoms. The fourth-order valence-corrected chi connectivity index (χ4v) is 3.18. The van der Waals surface area contributed by atoms with Crippen molar-refractivity contribution in [3.05, 3.63) is 50.9 Å². The monoisotopic (exact) mass is 411 g/mol. The van der Waals surface area contributed by atoms with Gasteiger partial charge in [-0.25, -0.2) is 0 Å². The van der Waals surface area contributed by atoms with Crippen molar-refractivity contribution in [2.24, 2.45) is 0 Å². The van der Waals surface area contributed by atoms with Crippen LogP contribution in [0, 0.1) is 0 Å². The third kappa shape index (κ3) is 3.19. The van der Waals surface area contributed by atoms with E-state index in [1.165, 1.54) is 5.56 Å². The van der Waals surface area contributed by atoms with E-state index in [4.69, 9.17) is 9.47 Å². The fraction of sp³-hybridized carbons (Fsp3) is 0.250. The van der Waals surface area contributed by atoms with Gasteiger partial charge in [0.1, 0.15) is 11.5 Å². The van der Waals surface area contributed by atoms with Crippen LogP contribution in [0.1, 0.15) is 18.0 Å². The van der Waals surface area contributed by atoms with E-state index in [2.05, 4.69) is 43.2 Å². The Kier molecular flexibility index (Phi) is 4.40. The number of hydrogen-bond donors (Lipinski definition) is 1. The van der Waals surface area contributed by atoms with Gasteiger partial charge in [-0.3, -0.25) is 0 Å². The van der Waals surface area contributed by atoms with E-state index in [1.807, 2.05) is 30.3 Å². The molecule has 1 aliphatic rings. The van der Waals surface area contributed by atoms with Crippen LogP contribution >= 0.6 is 31.9 Å². The molecule has 0 saturated carbocycles. The van der Waals surface area contributed by atoms with E-state index in [1.54, 1.807) is 7.11 Å². The molecule has 0 fully saturated rings. The minimum Gasteiger partial charge on any atom is -0.497 e. The molecule has 0 aliphatic carbocycles. The maximum atomic E-state index is 5.72. The summed E-state index contributed by atoms with van der Waals surface area (Å²) in [5.41, 5.74) is 2.19. The van der Waals surface area contributed by atoms with Crippen LogP contribution in [-0.2, 0) is 0 Å². The lowest BCUT2D eigenvalue weighted by Gasteiger charge is -2.28. The summed E-state index contributed by atoms with van der Waals surface area (Å²) in [6.07, 6.45) is 0.924. The van der Waals surface area contributed by atoms with E-state index in [0.717, 1.165) is 32.6 Å². The zero-order valence-corrected chi connectivity index (χ0v) is 14.7. The lowest BCUT2D eigenvalue weighted by molar-refractivity contribution is 0.274. The highest BCUT2D eigenvalue weighted by Crippen LogP contribution is 2.38. The first-order valence-electron chi connectivity index (χ1n) is 6.69. The molecule has 0 saturated heterocycles. The van der Waals surface area contributed by atoms with Crippen molar-refractivity contribution in [3.8, 4) is 11.5 Å². The van der Waals surface area contributed by atoms with Crippen molar-refractivity contribution in [3.63, 3.8) is 0 Å². The molecule has 5 heteroatoms. The molecule has 1 N–H and O–H groups in total. The summed E-state index contributed by atoms with van der Waals surface area (Å²) in [5.74, 6) is 1.78. The molecule has 3 nitrogen and oxygen atoms in total. The van der Waals surface area contributed by atoms with Gasteiger partial charge in [0, 0.05) is 27.0 Å². The first-order valence-corrected chi connectivity index (χ1v) is 8.28. The topological polar surface area (TPSA) is 30.5 Å². The second-order valence-electron chi connectivity index (χ2n) is 4.86. The average Bonchev–Trinajstić information content (AvgIpc) is 2.50. The standard InChI is InChI=1S/C16H15Br2NO2/c1-20-11-3-4-13(18)15(9-11)19-14-6-7-21-16-5-2-10(17)8-12(14)16/h2-5,8-9,14,19H,6-7H2,1H3. The van der Waals surface area contributed by atoms with Crippen molar-refractivity contribution in [2.75, 3.05) is 19.0 Å². The van der Waals surface area contributed by atoms with Gasteiger partial charge in [-0.05, 0) is 46.3 Å². The van der Waals surface area contributed by atoms with Crippen molar-refractivity contribution < 1.29 is 9.47 Å². The largest absolute Gasteiger partial charge is 0.497 e. The molecule has 0 radical (unpaired) electrons. The number of methoxy groups -OCH3 is 1. The number of rotatable bonds is 3. The summed E-state index contributed by atoms with van der Waals surface area (Å²) >= 11 is 7.11. The molecule has 21 heavy (non-hydrogen) atoms. The highest BCUT2D eigenvalue weighted by atomic mass is 79.9. The van der Waals surface area contributed by atoms with Gasteiger partial charge in [0.25, 0.3) is 0 Å². The Morgan fingerprint density at radius 2 is 2.05 bits per heavy atom. The van der Waals surface area contributed by atoms with Crippen molar-refractivity contribution in [1.29, 1.82) is 0 Å². The normalized spacial score (nSPS) is 16.8. The molecular formula is C16H15Br2NO2. The Labute approximate surface area is 140 Å². The number of anilines is 1. The van der Waals surface area contributed by atoms with E-state index in [-0.39, 0.29) is 6.04 Å². The molecule has 1 unspecified atom stereocenters. The highest BCUT2D eigenvalue weighted by Gasteiger charge is 2.22. The van der Waals surface area contributed by atoms with Crippen LogP contribution in [0.25, 0.3) is 0 Å². The smallest absolute Gasteiger partial charge is 0.124 e. The molecule has 1 aliphatic heterocycles. The molecule has 0 amide bonds. The SMILES string of the molecule is COc1ccc(Br)c(NC2CCOc3ccc(Br)cc32)c1. The van der Waals surface area contributed by atoms with Crippen LogP contribution in [0.5, 0.6) is 11.5 Å². The van der Waals surface area contributed by atoms with Crippen LogP contribution in [0.2, 0.25) is 0 Å². The van der Waals surface area contributed by atoms with Gasteiger partial charge in [-0.15, -0.1) is 0 Å². The lowest BCUT2D eigenvalue weighted by atomic mass is 10.0. The molecule has 1 atom stereocenters. The van der Waals surface area contributed by atoms with Gasteiger partial charge in [0.05, 0.1) is 25.4 Å². The zero-order chi connectivity index (χ0) is 14.8. The summed E-state index contributed by atoms with van der Waals surface area (Å²) in [6.45, 7) is 0.716. The summed E-state index contributed by atoms with van der Waals surface area (Å²) in [5, 5.41) is 3.58. The zero-order valence-electron chi connectivity index (χ0n) is 11.5. The fourth-order valence-electron chi connectivity index (χ4n) is 2.44. The van der Waals surface area contributed by atoms with E-state index >= 15 is 0 Å². The minimum atomic E-state index is 0.217. The van der Waals surface area contributed by atoms with Gasteiger partial charge in [0.2, 0.25) is 0 Å². The molecular weight excluding hydrogens is 398 g/mol. The Morgan fingerprint density at radius 3 is 2.86 bits per heavy atom. The van der Waals surface area contributed by atoms with E-state index in [9.17, 15) is 0 Å². The predicted octanol–water partition coefficient (Wildman–Crippen LogP) is 5.16. The Balaban J connectivity index is 1.91. The number of benzene rings is 2. The molecule has 2 aromatic carbocycles. The summed E-state index contributed by atoms with van der Waals surface area (Å²) < 4.78 is 13.1. The number of halogens is 2. The Morgan fingerprint density at radius 1 is 1.19 bits per heavy atom. The van der Waals surface area contributed by atoms with Crippen molar-refractivity contribution in [1.82, 2.24) is 0 Å². The Bertz CT molecular complexity index is 661. The number of hydrogen-bond acceptors (Lipinski definition) is 3. The molecule has 2 aromatic rings. The second kappa shape index (κ2) is 6.28. The van der Waals surface area contributed by atoms with Gasteiger partial charge >= 0.3 is 0 Å². The first kappa shape index (κ1) is 14.7. The molecule has 0 aromatic heterocycles. The maximum absolute atomic E-state index is 5.72. The molecule has 3 rings (SSSR count). The van der Waals surface area contributed by atoms with Gasteiger partial charge in [-0.2, -0.15) is 0 Å². The van der Waals surface area contributed by atoms with Crippen LogP contribution in [0.15, 0.2) is 45.3 Å². The van der Waals surface area contributed by atoms with Gasteiger partial charge in [0.15, 0.2) is 0 Å².